The fourth-order valence-electron chi connectivity index (χ4n) is 1.73. The average Bonchev–Trinajstić information content (AvgIpc) is 3.15. The molecule has 0 bridgehead atoms. The van der Waals surface area contributed by atoms with Gasteiger partial charge in [-0.3, -0.25) is 0 Å². The molecule has 1 nitrogen and oxygen atoms in total. The molecule has 2 aliphatic rings. The first-order valence-corrected chi connectivity index (χ1v) is 6.88. The van der Waals surface area contributed by atoms with E-state index in [2.05, 4.69) is 15.9 Å². The number of aliphatic hydroxyl groups is 1. The van der Waals surface area contributed by atoms with E-state index >= 15 is 0 Å². The average molecular weight is 371 g/mol. The molecule has 102 valence electrons. The topological polar surface area (TPSA) is 20.2 Å². The van der Waals surface area contributed by atoms with Crippen LogP contribution in [0.3, 0.4) is 0 Å². The quantitative estimate of drug-likeness (QED) is 0.782. The van der Waals surface area contributed by atoms with E-state index in [1.165, 1.54) is 0 Å². The first-order valence-electron chi connectivity index (χ1n) is 6.09. The van der Waals surface area contributed by atoms with Gasteiger partial charge in [-0.1, -0.05) is 28.1 Å². The van der Waals surface area contributed by atoms with Gasteiger partial charge in [0.25, 0.3) is 0 Å². The van der Waals surface area contributed by atoms with Crippen LogP contribution in [0.4, 0.5) is 0 Å². The molecule has 2 fully saturated rings. The molecule has 2 saturated carbocycles. The molecular formula is C17H15BrFeO+2. The van der Waals surface area contributed by atoms with Crippen molar-refractivity contribution in [2.75, 3.05) is 0 Å². The molecule has 10 radical (unpaired) electrons. The summed E-state index contributed by atoms with van der Waals surface area (Å²) in [6.45, 7) is 0. The maximum absolute atomic E-state index is 9.96. The number of halogens is 1. The zero-order valence-corrected chi connectivity index (χ0v) is 13.5. The predicted octanol–water partition coefficient (Wildman–Crippen LogP) is 3.91. The second-order valence-electron chi connectivity index (χ2n) is 4.13. The normalized spacial score (nSPS) is 19.9. The van der Waals surface area contributed by atoms with Crippen LogP contribution >= 0.6 is 15.9 Å². The molecule has 0 heterocycles. The van der Waals surface area contributed by atoms with Crippen molar-refractivity contribution in [1.82, 2.24) is 0 Å². The summed E-state index contributed by atoms with van der Waals surface area (Å²) in [7, 11) is 0. The van der Waals surface area contributed by atoms with Crippen molar-refractivity contribution >= 4 is 15.9 Å². The molecule has 0 unspecified atom stereocenters. The molecule has 1 N–H and O–H groups in total. The second kappa shape index (κ2) is 10.00. The Morgan fingerprint density at radius 1 is 0.750 bits per heavy atom. The predicted molar refractivity (Wildman–Crippen MR) is 81.0 cm³/mol. The van der Waals surface area contributed by atoms with Crippen molar-refractivity contribution in [3.63, 3.8) is 0 Å². The number of hydrogen-bond donors (Lipinski definition) is 1. The molecule has 0 spiro atoms. The number of hydrogen-bond acceptors (Lipinski definition) is 1. The maximum Gasteiger partial charge on any atom is 2.00 e. The van der Waals surface area contributed by atoms with Gasteiger partial charge in [0.05, 0.1) is 6.10 Å². The van der Waals surface area contributed by atoms with Crippen LogP contribution < -0.4 is 0 Å². The molecule has 0 amide bonds. The third-order valence-electron chi connectivity index (χ3n) is 2.75. The smallest absolute Gasteiger partial charge is 0.388 e. The first kappa shape index (κ1) is 18.2. The van der Waals surface area contributed by atoms with Gasteiger partial charge in [-0.2, -0.15) is 0 Å². The van der Waals surface area contributed by atoms with Crippen molar-refractivity contribution in [1.29, 1.82) is 0 Å². The summed E-state index contributed by atoms with van der Waals surface area (Å²) in [5, 5.41) is 9.96. The zero-order chi connectivity index (χ0) is 13.5. The van der Waals surface area contributed by atoms with E-state index in [1.807, 2.05) is 82.1 Å². The second-order valence-corrected chi connectivity index (χ2v) is 5.05. The van der Waals surface area contributed by atoms with Crippen molar-refractivity contribution in [2.24, 2.45) is 0 Å². The molecule has 0 aromatic heterocycles. The Labute approximate surface area is 142 Å². The van der Waals surface area contributed by atoms with Crippen LogP contribution in [0.15, 0.2) is 28.7 Å². The van der Waals surface area contributed by atoms with Gasteiger partial charge >= 0.3 is 17.1 Å². The van der Waals surface area contributed by atoms with Crippen LogP contribution in [0.5, 0.6) is 0 Å². The molecule has 1 aromatic rings. The van der Waals surface area contributed by atoms with Crippen LogP contribution in [-0.2, 0) is 17.1 Å². The molecule has 0 aliphatic heterocycles. The van der Waals surface area contributed by atoms with Gasteiger partial charge < -0.3 is 5.11 Å². The van der Waals surface area contributed by atoms with E-state index in [-0.39, 0.29) is 17.1 Å². The summed E-state index contributed by atoms with van der Waals surface area (Å²) in [5.74, 6) is 0.937. The Hall–Kier alpha value is 0.179. The van der Waals surface area contributed by atoms with E-state index < -0.39 is 6.10 Å². The van der Waals surface area contributed by atoms with Crippen LogP contribution in [0.1, 0.15) is 11.7 Å². The van der Waals surface area contributed by atoms with Gasteiger partial charge in [0.2, 0.25) is 0 Å². The Morgan fingerprint density at radius 3 is 1.65 bits per heavy atom. The minimum Gasteiger partial charge on any atom is -0.388 e. The number of benzene rings is 1. The van der Waals surface area contributed by atoms with Crippen molar-refractivity contribution in [2.45, 2.75) is 6.10 Å². The third-order valence-corrected chi connectivity index (χ3v) is 3.27. The molecule has 1 atom stereocenters. The van der Waals surface area contributed by atoms with Crippen molar-refractivity contribution in [3.05, 3.63) is 98.0 Å². The molecule has 3 heteroatoms. The van der Waals surface area contributed by atoms with E-state index in [4.69, 9.17) is 0 Å². The molecule has 0 saturated heterocycles. The summed E-state index contributed by atoms with van der Waals surface area (Å²) in [6, 6.07) is 7.70. The van der Waals surface area contributed by atoms with Crippen molar-refractivity contribution < 1.29 is 22.2 Å². The van der Waals surface area contributed by atoms with Gasteiger partial charge in [-0.25, -0.2) is 0 Å². The fourth-order valence-corrected chi connectivity index (χ4v) is 1.99. The molecular weight excluding hydrogens is 356 g/mol. The Kier molecular flexibility index (Phi) is 9.11. The summed E-state index contributed by atoms with van der Waals surface area (Å²) >= 11 is 3.36. The summed E-state index contributed by atoms with van der Waals surface area (Å²) in [5.41, 5.74) is 0.916. The van der Waals surface area contributed by atoms with Crippen LogP contribution in [-0.4, -0.2) is 5.11 Å². The Morgan fingerprint density at radius 2 is 1.20 bits per heavy atom. The van der Waals surface area contributed by atoms with Crippen LogP contribution in [0.25, 0.3) is 0 Å². The molecule has 20 heavy (non-hydrogen) atoms. The van der Waals surface area contributed by atoms with Gasteiger partial charge in [0.1, 0.15) is 0 Å². The SMILES string of the molecule is O[C@H]([C]1[CH][CH][CH][CH]1)c1ccc(Br)cc1.[CH]1[CH][CH][CH][CH]1.[Fe+2]. The molecule has 1 aromatic carbocycles. The van der Waals surface area contributed by atoms with E-state index in [1.54, 1.807) is 0 Å². The van der Waals surface area contributed by atoms with Gasteiger partial charge in [-0.15, -0.1) is 0 Å². The summed E-state index contributed by atoms with van der Waals surface area (Å²) in [4.78, 5) is 0. The van der Waals surface area contributed by atoms with Gasteiger partial charge in [0, 0.05) is 10.4 Å². The van der Waals surface area contributed by atoms with Crippen LogP contribution in [0, 0.1) is 63.7 Å². The minimum atomic E-state index is -0.516. The van der Waals surface area contributed by atoms with E-state index in [9.17, 15) is 5.11 Å². The van der Waals surface area contributed by atoms with E-state index in [0.29, 0.717) is 0 Å². The summed E-state index contributed by atoms with van der Waals surface area (Å²) < 4.78 is 1.02. The first-order chi connectivity index (χ1) is 9.27. The van der Waals surface area contributed by atoms with Crippen molar-refractivity contribution in [3.8, 4) is 0 Å². The zero-order valence-electron chi connectivity index (χ0n) is 10.8. The van der Waals surface area contributed by atoms with E-state index in [0.717, 1.165) is 16.0 Å². The Bertz CT molecular complexity index is 348. The third kappa shape index (κ3) is 5.89. The minimum absolute atomic E-state index is 0. The van der Waals surface area contributed by atoms with Gasteiger partial charge in [-0.05, 0) is 75.5 Å². The molecule has 3 rings (SSSR count). The van der Waals surface area contributed by atoms with Gasteiger partial charge in [0.15, 0.2) is 0 Å². The number of rotatable bonds is 2. The fraction of sp³-hybridized carbons (Fsp3) is 0.0588. The summed E-state index contributed by atoms with van der Waals surface area (Å²) in [6.07, 6.45) is 17.2. The standard InChI is InChI=1S/C12H10BrO.C5H5.Fe/c13-11-7-5-10(6-8-11)12(14)9-3-1-2-4-9;1-2-4-5-3-1;/h1-8,12,14H;1-5H;/q;;+2/t12-;;/m1../s1. The molecule has 2 aliphatic carbocycles. The largest absolute Gasteiger partial charge is 2.00 e. The van der Waals surface area contributed by atoms with Crippen LogP contribution in [0.2, 0.25) is 0 Å². The maximum atomic E-state index is 9.96. The monoisotopic (exact) mass is 370 g/mol. The Balaban J connectivity index is 0.000000283. The number of aliphatic hydroxyl groups excluding tert-OH is 1.